The summed E-state index contributed by atoms with van der Waals surface area (Å²) in [6.45, 7) is 0. The third-order valence-electron chi connectivity index (χ3n) is 3.63. The highest BCUT2D eigenvalue weighted by Crippen LogP contribution is 2.25. The molecule has 8 heteroatoms. The van der Waals surface area contributed by atoms with Crippen molar-refractivity contribution in [3.8, 4) is 17.2 Å². The molecule has 0 bridgehead atoms. The zero-order chi connectivity index (χ0) is 19.4. The van der Waals surface area contributed by atoms with Gasteiger partial charge >= 0.3 is 0 Å². The lowest BCUT2D eigenvalue weighted by Crippen LogP contribution is -2.16. The third kappa shape index (κ3) is 4.36. The number of aromatic hydroxyl groups is 1. The fraction of sp³-hybridized carbons (Fsp3) is 0. The van der Waals surface area contributed by atoms with Gasteiger partial charge in [-0.05, 0) is 54.6 Å². The van der Waals surface area contributed by atoms with Gasteiger partial charge in [-0.1, -0.05) is 18.2 Å². The first kappa shape index (κ1) is 18.3. The number of hydrogen-bond acceptors (Lipinski definition) is 5. The fourth-order valence-corrected chi connectivity index (χ4v) is 3.39. The number of ether oxygens (including phenoxy) is 1. The van der Waals surface area contributed by atoms with E-state index in [2.05, 4.69) is 4.72 Å². The Bertz CT molecular complexity index is 1070. The lowest BCUT2D eigenvalue weighted by Gasteiger charge is -2.11. The molecular weight excluding hydrogens is 368 g/mol. The third-order valence-corrected chi connectivity index (χ3v) is 5.01. The zero-order valence-electron chi connectivity index (χ0n) is 14.0. The van der Waals surface area contributed by atoms with Crippen LogP contribution < -0.4 is 15.2 Å². The van der Waals surface area contributed by atoms with Gasteiger partial charge in [-0.25, -0.2) is 8.42 Å². The van der Waals surface area contributed by atoms with Crippen LogP contribution in [0.4, 0.5) is 5.69 Å². The van der Waals surface area contributed by atoms with Crippen molar-refractivity contribution in [2.75, 3.05) is 4.72 Å². The Hall–Kier alpha value is -3.52. The van der Waals surface area contributed by atoms with Gasteiger partial charge in [0.15, 0.2) is 0 Å². The Morgan fingerprint density at radius 3 is 2.19 bits per heavy atom. The number of carbonyl (C=O) groups is 1. The SMILES string of the molecule is NC(=O)c1cc(S(=O)(=O)Nc2ccc(Oc3ccccc3)cc2)ccc1O. The molecule has 3 aromatic carbocycles. The maximum absolute atomic E-state index is 12.5. The zero-order valence-corrected chi connectivity index (χ0v) is 14.8. The average Bonchev–Trinajstić information content (AvgIpc) is 2.64. The summed E-state index contributed by atoms with van der Waals surface area (Å²) in [7, 11) is -3.97. The molecule has 0 heterocycles. The Labute approximate surface area is 156 Å². The number of hydrogen-bond donors (Lipinski definition) is 3. The lowest BCUT2D eigenvalue weighted by molar-refractivity contribution is 0.0997. The summed E-state index contributed by atoms with van der Waals surface area (Å²) in [6.07, 6.45) is 0. The van der Waals surface area contributed by atoms with E-state index in [-0.39, 0.29) is 16.2 Å². The van der Waals surface area contributed by atoms with Crippen LogP contribution in [0.2, 0.25) is 0 Å². The Balaban J connectivity index is 1.78. The van der Waals surface area contributed by atoms with E-state index in [0.29, 0.717) is 17.2 Å². The Morgan fingerprint density at radius 2 is 1.56 bits per heavy atom. The van der Waals surface area contributed by atoms with E-state index in [0.717, 1.165) is 12.1 Å². The normalized spacial score (nSPS) is 11.0. The minimum atomic E-state index is -3.97. The minimum Gasteiger partial charge on any atom is -0.507 e. The highest BCUT2D eigenvalue weighted by atomic mass is 32.2. The monoisotopic (exact) mass is 384 g/mol. The highest BCUT2D eigenvalue weighted by molar-refractivity contribution is 7.92. The molecule has 0 spiro atoms. The molecule has 0 saturated carbocycles. The summed E-state index contributed by atoms with van der Waals surface area (Å²) >= 11 is 0. The van der Waals surface area contributed by atoms with E-state index in [9.17, 15) is 18.3 Å². The summed E-state index contributed by atoms with van der Waals surface area (Å²) in [6, 6.07) is 18.8. The number of primary amides is 1. The molecular formula is C19H16N2O5S. The number of phenols is 1. The number of carbonyl (C=O) groups excluding carboxylic acids is 1. The maximum atomic E-state index is 12.5. The molecule has 3 aromatic rings. The van der Waals surface area contributed by atoms with Crippen LogP contribution in [0, 0.1) is 0 Å². The van der Waals surface area contributed by atoms with Gasteiger partial charge in [0.1, 0.15) is 17.2 Å². The number of nitrogens with one attached hydrogen (secondary N) is 1. The van der Waals surface area contributed by atoms with E-state index < -0.39 is 15.9 Å². The van der Waals surface area contributed by atoms with E-state index >= 15 is 0 Å². The van der Waals surface area contributed by atoms with Crippen LogP contribution in [0.3, 0.4) is 0 Å². The van der Waals surface area contributed by atoms with Crippen LogP contribution in [-0.2, 0) is 10.0 Å². The lowest BCUT2D eigenvalue weighted by atomic mass is 10.2. The topological polar surface area (TPSA) is 119 Å². The standard InChI is InChI=1S/C19H16N2O5S/c20-19(23)17-12-16(10-11-18(17)22)27(24,25)21-13-6-8-15(9-7-13)26-14-4-2-1-3-5-14/h1-12,21-22H,(H2,20,23). The highest BCUT2D eigenvalue weighted by Gasteiger charge is 2.18. The molecule has 0 atom stereocenters. The molecule has 0 unspecified atom stereocenters. The second-order valence-electron chi connectivity index (χ2n) is 5.59. The first-order valence-electron chi connectivity index (χ1n) is 7.84. The second-order valence-corrected chi connectivity index (χ2v) is 7.27. The van der Waals surface area contributed by atoms with Crippen LogP contribution in [0.1, 0.15) is 10.4 Å². The van der Waals surface area contributed by atoms with Gasteiger partial charge in [-0.3, -0.25) is 9.52 Å². The smallest absolute Gasteiger partial charge is 0.261 e. The van der Waals surface area contributed by atoms with Crippen LogP contribution in [0.15, 0.2) is 77.7 Å². The summed E-state index contributed by atoms with van der Waals surface area (Å²) in [5, 5.41) is 9.58. The molecule has 0 aromatic heterocycles. The van der Waals surface area contributed by atoms with E-state index in [1.54, 1.807) is 36.4 Å². The maximum Gasteiger partial charge on any atom is 0.261 e. The summed E-state index contributed by atoms with van der Waals surface area (Å²) in [5.41, 5.74) is 5.17. The predicted octanol–water partition coefficient (Wildman–Crippen LogP) is 3.08. The number of benzene rings is 3. The number of nitrogens with two attached hydrogens (primary N) is 1. The van der Waals surface area contributed by atoms with Crippen LogP contribution >= 0.6 is 0 Å². The van der Waals surface area contributed by atoms with Gasteiger partial charge in [0.2, 0.25) is 0 Å². The molecule has 138 valence electrons. The van der Waals surface area contributed by atoms with Crippen molar-refractivity contribution in [2.45, 2.75) is 4.90 Å². The van der Waals surface area contributed by atoms with Crippen molar-refractivity contribution in [1.29, 1.82) is 0 Å². The van der Waals surface area contributed by atoms with Crippen molar-refractivity contribution in [2.24, 2.45) is 5.73 Å². The molecule has 0 radical (unpaired) electrons. The van der Waals surface area contributed by atoms with Gasteiger partial charge in [-0.15, -0.1) is 0 Å². The Morgan fingerprint density at radius 1 is 0.926 bits per heavy atom. The first-order valence-corrected chi connectivity index (χ1v) is 9.32. The van der Waals surface area contributed by atoms with E-state index in [1.165, 1.54) is 6.07 Å². The summed E-state index contributed by atoms with van der Waals surface area (Å²) in [5.74, 6) is -0.102. The minimum absolute atomic E-state index is 0.196. The molecule has 1 amide bonds. The van der Waals surface area contributed by atoms with Gasteiger partial charge in [0.05, 0.1) is 10.5 Å². The van der Waals surface area contributed by atoms with Crippen molar-refractivity contribution in [3.63, 3.8) is 0 Å². The van der Waals surface area contributed by atoms with Crippen LogP contribution in [-0.4, -0.2) is 19.4 Å². The molecule has 7 nitrogen and oxygen atoms in total. The second kappa shape index (κ2) is 7.38. The number of sulfonamides is 1. The van der Waals surface area contributed by atoms with Crippen molar-refractivity contribution in [1.82, 2.24) is 0 Å². The number of amides is 1. The van der Waals surface area contributed by atoms with Crippen LogP contribution in [0.5, 0.6) is 17.2 Å². The van der Waals surface area contributed by atoms with Crippen LogP contribution in [0.25, 0.3) is 0 Å². The number of para-hydroxylation sites is 1. The number of anilines is 1. The van der Waals surface area contributed by atoms with Gasteiger partial charge in [0.25, 0.3) is 15.9 Å². The summed E-state index contributed by atoms with van der Waals surface area (Å²) < 4.78 is 33.0. The molecule has 3 rings (SSSR count). The van der Waals surface area contributed by atoms with E-state index in [4.69, 9.17) is 10.5 Å². The van der Waals surface area contributed by atoms with Crippen molar-refractivity contribution in [3.05, 3.63) is 78.4 Å². The quantitative estimate of drug-likeness (QED) is 0.603. The van der Waals surface area contributed by atoms with E-state index in [1.807, 2.05) is 18.2 Å². The number of rotatable bonds is 6. The predicted molar refractivity (Wildman–Crippen MR) is 100 cm³/mol. The molecule has 4 N–H and O–H groups in total. The molecule has 0 saturated heterocycles. The fourth-order valence-electron chi connectivity index (χ4n) is 2.31. The van der Waals surface area contributed by atoms with Crippen molar-refractivity contribution < 1.29 is 23.1 Å². The molecule has 0 aliphatic heterocycles. The van der Waals surface area contributed by atoms with Crippen molar-refractivity contribution >= 4 is 21.6 Å². The molecule has 0 fully saturated rings. The van der Waals surface area contributed by atoms with Gasteiger partial charge < -0.3 is 15.6 Å². The first-order chi connectivity index (χ1) is 12.8. The molecule has 0 aliphatic rings. The molecule has 0 aliphatic carbocycles. The largest absolute Gasteiger partial charge is 0.507 e. The Kier molecular flexibility index (Phi) is 5.00. The summed E-state index contributed by atoms with van der Waals surface area (Å²) in [4.78, 5) is 11.1. The van der Waals surface area contributed by atoms with Gasteiger partial charge in [0, 0.05) is 5.69 Å². The van der Waals surface area contributed by atoms with Gasteiger partial charge in [-0.2, -0.15) is 0 Å². The average molecular weight is 384 g/mol. The molecule has 27 heavy (non-hydrogen) atoms.